The summed E-state index contributed by atoms with van der Waals surface area (Å²) < 4.78 is 15.6. The molecule has 156 valence electrons. The van der Waals surface area contributed by atoms with Crippen molar-refractivity contribution in [3.05, 3.63) is 36.0 Å². The third-order valence-corrected chi connectivity index (χ3v) is 5.94. The normalized spacial score (nSPS) is 18.5. The molecule has 1 saturated heterocycles. The second kappa shape index (κ2) is 8.41. The first-order chi connectivity index (χ1) is 14.1. The van der Waals surface area contributed by atoms with E-state index in [2.05, 4.69) is 15.5 Å². The lowest BCUT2D eigenvalue weighted by molar-refractivity contribution is 0.148. The molecule has 2 aromatic rings. The van der Waals surface area contributed by atoms with Crippen LogP contribution in [0.25, 0.3) is 0 Å². The van der Waals surface area contributed by atoms with Crippen LogP contribution in [-0.4, -0.2) is 48.4 Å². The molecule has 2 heterocycles. The summed E-state index contributed by atoms with van der Waals surface area (Å²) in [5, 5.41) is 7.24. The fraction of sp³-hybridized carbons (Fsp3) is 0.571. The quantitative estimate of drug-likeness (QED) is 0.764. The number of ether oxygens (including phenoxy) is 2. The third-order valence-electron chi connectivity index (χ3n) is 5.94. The number of carbonyl (C=O) groups excluding carboxylic acids is 1. The zero-order valence-corrected chi connectivity index (χ0v) is 17.0. The highest BCUT2D eigenvalue weighted by atomic mass is 16.5. The van der Waals surface area contributed by atoms with Gasteiger partial charge in [-0.05, 0) is 49.4 Å². The van der Waals surface area contributed by atoms with Gasteiger partial charge in [0.25, 0.3) is 5.89 Å². The molecule has 1 aliphatic heterocycles. The Balaban J connectivity index is 1.40. The molecule has 0 unspecified atom stereocenters. The van der Waals surface area contributed by atoms with Gasteiger partial charge in [-0.15, -0.1) is 0 Å². The summed E-state index contributed by atoms with van der Waals surface area (Å²) >= 11 is 0. The number of likely N-dealkylation sites (tertiary alicyclic amines) is 1. The lowest BCUT2D eigenvalue weighted by atomic mass is 9.73. The van der Waals surface area contributed by atoms with Crippen LogP contribution in [0.1, 0.15) is 43.8 Å². The van der Waals surface area contributed by atoms with Crippen LogP contribution >= 0.6 is 0 Å². The van der Waals surface area contributed by atoms with Crippen LogP contribution < -0.4 is 10.1 Å². The molecule has 8 nitrogen and oxygen atoms in total. The van der Waals surface area contributed by atoms with E-state index < -0.39 is 0 Å². The second-order valence-corrected chi connectivity index (χ2v) is 8.02. The van der Waals surface area contributed by atoms with Gasteiger partial charge in [0.05, 0.1) is 7.11 Å². The number of piperidine rings is 1. The molecule has 2 amide bonds. The molecule has 4 rings (SSSR count). The molecule has 0 atom stereocenters. The Morgan fingerprint density at radius 1 is 1.24 bits per heavy atom. The topological polar surface area (TPSA) is 89.7 Å². The van der Waals surface area contributed by atoms with E-state index >= 15 is 0 Å². The predicted molar refractivity (Wildman–Crippen MR) is 107 cm³/mol. The summed E-state index contributed by atoms with van der Waals surface area (Å²) in [5.74, 6) is 2.78. The van der Waals surface area contributed by atoms with Gasteiger partial charge in [-0.25, -0.2) is 4.79 Å². The van der Waals surface area contributed by atoms with Crippen molar-refractivity contribution in [2.45, 2.75) is 44.1 Å². The first kappa shape index (κ1) is 19.7. The molecule has 8 heteroatoms. The summed E-state index contributed by atoms with van der Waals surface area (Å²) in [5.41, 5.74) is 0.640. The van der Waals surface area contributed by atoms with Gasteiger partial charge >= 0.3 is 6.03 Å². The van der Waals surface area contributed by atoms with Crippen LogP contribution in [0.3, 0.4) is 0 Å². The molecule has 2 fully saturated rings. The van der Waals surface area contributed by atoms with Gasteiger partial charge in [-0.3, -0.25) is 0 Å². The van der Waals surface area contributed by atoms with Gasteiger partial charge in [-0.1, -0.05) is 18.0 Å². The molecule has 1 aromatic carbocycles. The van der Waals surface area contributed by atoms with Crippen molar-refractivity contribution in [1.29, 1.82) is 0 Å². The molecule has 1 aliphatic carbocycles. The maximum Gasteiger partial charge on any atom is 0.321 e. The van der Waals surface area contributed by atoms with Crippen LogP contribution in [-0.2, 0) is 16.8 Å². The minimum absolute atomic E-state index is 0.0802. The van der Waals surface area contributed by atoms with E-state index in [1.807, 2.05) is 29.2 Å². The Morgan fingerprint density at radius 3 is 2.59 bits per heavy atom. The fourth-order valence-corrected chi connectivity index (χ4v) is 4.06. The Bertz CT molecular complexity index is 823. The van der Waals surface area contributed by atoms with Crippen molar-refractivity contribution in [2.75, 3.05) is 32.6 Å². The number of carbonyl (C=O) groups is 1. The molecule has 29 heavy (non-hydrogen) atoms. The highest BCUT2D eigenvalue weighted by Crippen LogP contribution is 2.46. The molecule has 2 aliphatic rings. The van der Waals surface area contributed by atoms with Gasteiger partial charge in [0, 0.05) is 31.3 Å². The summed E-state index contributed by atoms with van der Waals surface area (Å²) in [4.78, 5) is 19.2. The van der Waals surface area contributed by atoms with Crippen molar-refractivity contribution in [1.82, 2.24) is 15.0 Å². The molecule has 1 saturated carbocycles. The minimum atomic E-state index is -0.118. The van der Waals surface area contributed by atoms with Gasteiger partial charge in [0.1, 0.15) is 12.4 Å². The second-order valence-electron chi connectivity index (χ2n) is 8.02. The number of rotatable bonds is 7. The van der Waals surface area contributed by atoms with E-state index in [4.69, 9.17) is 14.0 Å². The number of urea groups is 1. The number of anilines is 1. The summed E-state index contributed by atoms with van der Waals surface area (Å²) in [6, 6.07) is 7.27. The zero-order chi connectivity index (χ0) is 20.3. The number of hydrogen-bond donors (Lipinski definition) is 1. The average Bonchev–Trinajstić information content (AvgIpc) is 3.42. The monoisotopic (exact) mass is 400 g/mol. The number of nitrogens with zero attached hydrogens (tertiary/aromatic N) is 3. The van der Waals surface area contributed by atoms with E-state index in [-0.39, 0.29) is 11.4 Å². The SMILES string of the molecule is COCc1nc(C2(CC3CC3)CCN(C(=O)Nc3ccc(OC)cc3)CC2)no1. The Hall–Kier alpha value is -2.61. The maximum atomic E-state index is 12.7. The summed E-state index contributed by atoms with van der Waals surface area (Å²) in [6.07, 6.45) is 5.28. The fourth-order valence-electron chi connectivity index (χ4n) is 4.06. The zero-order valence-electron chi connectivity index (χ0n) is 17.0. The number of hydrogen-bond acceptors (Lipinski definition) is 6. The molecular formula is C21H28N4O4. The number of aromatic nitrogens is 2. The van der Waals surface area contributed by atoms with E-state index in [9.17, 15) is 4.79 Å². The van der Waals surface area contributed by atoms with Crippen molar-refractivity contribution >= 4 is 11.7 Å². The number of amides is 2. The van der Waals surface area contributed by atoms with Crippen LogP contribution in [0.15, 0.2) is 28.8 Å². The highest BCUT2D eigenvalue weighted by Gasteiger charge is 2.44. The van der Waals surface area contributed by atoms with E-state index in [0.717, 1.165) is 42.4 Å². The predicted octanol–water partition coefficient (Wildman–Crippen LogP) is 3.59. The number of nitrogens with one attached hydrogen (secondary N) is 1. The van der Waals surface area contributed by atoms with Gasteiger partial charge in [-0.2, -0.15) is 4.98 Å². The van der Waals surface area contributed by atoms with E-state index in [1.54, 1.807) is 14.2 Å². The molecule has 0 bridgehead atoms. The van der Waals surface area contributed by atoms with Crippen molar-refractivity contribution in [3.8, 4) is 5.75 Å². The van der Waals surface area contributed by atoms with Crippen molar-refractivity contribution < 1.29 is 18.8 Å². The van der Waals surface area contributed by atoms with Crippen LogP contribution in [0.4, 0.5) is 10.5 Å². The van der Waals surface area contributed by atoms with E-state index in [0.29, 0.717) is 25.6 Å². The van der Waals surface area contributed by atoms with Gasteiger partial charge < -0.3 is 24.2 Å². The third kappa shape index (κ3) is 4.53. The molecule has 1 N–H and O–H groups in total. The van der Waals surface area contributed by atoms with Gasteiger partial charge in [0.15, 0.2) is 5.82 Å². The van der Waals surface area contributed by atoms with Crippen LogP contribution in [0.2, 0.25) is 0 Å². The van der Waals surface area contributed by atoms with E-state index in [1.165, 1.54) is 12.8 Å². The van der Waals surface area contributed by atoms with Crippen molar-refractivity contribution in [3.63, 3.8) is 0 Å². The molecule has 0 spiro atoms. The lowest BCUT2D eigenvalue weighted by Crippen LogP contribution is -2.47. The molecule has 1 aromatic heterocycles. The highest BCUT2D eigenvalue weighted by molar-refractivity contribution is 5.89. The number of methoxy groups -OCH3 is 2. The van der Waals surface area contributed by atoms with Gasteiger partial charge in [0.2, 0.25) is 0 Å². The van der Waals surface area contributed by atoms with Crippen molar-refractivity contribution in [2.24, 2.45) is 5.92 Å². The van der Waals surface area contributed by atoms with Crippen LogP contribution in [0, 0.1) is 5.92 Å². The smallest absolute Gasteiger partial charge is 0.321 e. The minimum Gasteiger partial charge on any atom is -0.497 e. The average molecular weight is 400 g/mol. The Labute approximate surface area is 170 Å². The molecule has 0 radical (unpaired) electrons. The summed E-state index contributed by atoms with van der Waals surface area (Å²) in [6.45, 7) is 1.66. The Morgan fingerprint density at radius 2 is 1.97 bits per heavy atom. The standard InChI is InChI=1S/C21H28N4O4/c1-27-14-18-23-19(24-29-18)21(13-15-3-4-15)9-11-25(12-10-21)20(26)22-16-5-7-17(28-2)8-6-16/h5-8,15H,3-4,9-14H2,1-2H3,(H,22,26). The lowest BCUT2D eigenvalue weighted by Gasteiger charge is -2.40. The summed E-state index contributed by atoms with van der Waals surface area (Å²) in [7, 11) is 3.24. The first-order valence-electron chi connectivity index (χ1n) is 10.1. The maximum absolute atomic E-state index is 12.7. The largest absolute Gasteiger partial charge is 0.497 e. The number of benzene rings is 1. The van der Waals surface area contributed by atoms with Crippen LogP contribution in [0.5, 0.6) is 5.75 Å². The Kier molecular flexibility index (Phi) is 5.71. The first-order valence-corrected chi connectivity index (χ1v) is 10.1. The molecular weight excluding hydrogens is 372 g/mol.